The van der Waals surface area contributed by atoms with Crippen molar-refractivity contribution in [2.45, 2.75) is 51.6 Å². The first kappa shape index (κ1) is 21.9. The molecule has 2 fully saturated rings. The molecular weight excluding hydrogens is 396 g/mol. The summed E-state index contributed by atoms with van der Waals surface area (Å²) in [7, 11) is -1.47. The lowest BCUT2D eigenvalue weighted by Gasteiger charge is -2.51. The average molecular weight is 429 g/mol. The van der Waals surface area contributed by atoms with E-state index in [0.717, 1.165) is 44.5 Å². The van der Waals surface area contributed by atoms with E-state index < -0.39 is 10.0 Å². The quantitative estimate of drug-likeness (QED) is 0.736. The molecule has 7 heteroatoms. The van der Waals surface area contributed by atoms with Crippen LogP contribution >= 0.6 is 12.4 Å². The lowest BCUT2D eigenvalue weighted by molar-refractivity contribution is 0.0219. The highest BCUT2D eigenvalue weighted by Crippen LogP contribution is 2.44. The number of sulfonamides is 1. The van der Waals surface area contributed by atoms with Gasteiger partial charge < -0.3 is 4.74 Å². The Bertz CT molecular complexity index is 799. The second-order valence-corrected chi connectivity index (χ2v) is 10.8. The molecule has 0 saturated carbocycles. The smallest absolute Gasteiger partial charge is 0.214 e. The summed E-state index contributed by atoms with van der Waals surface area (Å²) in [5.74, 6) is 1.81. The predicted octanol–water partition coefficient (Wildman–Crippen LogP) is 3.49. The zero-order chi connectivity index (χ0) is 19.2. The van der Waals surface area contributed by atoms with Crippen molar-refractivity contribution in [3.05, 3.63) is 29.3 Å². The number of benzene rings is 1. The second kappa shape index (κ2) is 8.50. The molecule has 3 aliphatic rings. The molecule has 28 heavy (non-hydrogen) atoms. The van der Waals surface area contributed by atoms with E-state index in [-0.39, 0.29) is 30.1 Å². The molecule has 2 saturated heterocycles. The third-order valence-electron chi connectivity index (χ3n) is 6.52. The summed E-state index contributed by atoms with van der Waals surface area (Å²) in [6.45, 7) is 6.76. The van der Waals surface area contributed by atoms with Crippen molar-refractivity contribution in [1.82, 2.24) is 9.21 Å². The summed E-state index contributed by atoms with van der Waals surface area (Å²) in [6.07, 6.45) is 4.11. The lowest BCUT2D eigenvalue weighted by atomic mass is 9.77. The second-order valence-electron chi connectivity index (χ2n) is 8.81. The Balaban J connectivity index is 0.00000225. The van der Waals surface area contributed by atoms with Crippen LogP contribution in [0.25, 0.3) is 0 Å². The molecule has 0 amide bonds. The van der Waals surface area contributed by atoms with E-state index in [0.29, 0.717) is 18.5 Å². The molecule has 158 valence electrons. The van der Waals surface area contributed by atoms with Gasteiger partial charge in [-0.25, -0.2) is 8.42 Å². The van der Waals surface area contributed by atoms with Gasteiger partial charge in [0.25, 0.3) is 0 Å². The highest BCUT2D eigenvalue weighted by Gasteiger charge is 2.45. The van der Waals surface area contributed by atoms with Crippen molar-refractivity contribution in [2.24, 2.45) is 11.8 Å². The third kappa shape index (κ3) is 4.07. The van der Waals surface area contributed by atoms with Gasteiger partial charge in [0, 0.05) is 31.7 Å². The summed E-state index contributed by atoms with van der Waals surface area (Å²) in [5, 5.41) is 0. The fraction of sp³-hybridized carbons (Fsp3) is 0.714. The van der Waals surface area contributed by atoms with Crippen LogP contribution in [0.15, 0.2) is 18.2 Å². The molecule has 4 rings (SSSR count). The molecule has 0 bridgehead atoms. The minimum Gasteiger partial charge on any atom is -0.497 e. The number of hydrogen-bond acceptors (Lipinski definition) is 4. The minimum atomic E-state index is -3.18. The number of halogens is 1. The Kier molecular flexibility index (Phi) is 6.64. The van der Waals surface area contributed by atoms with Crippen LogP contribution in [0.3, 0.4) is 0 Å². The van der Waals surface area contributed by atoms with E-state index in [2.05, 4.69) is 17.0 Å². The highest BCUT2D eigenvalue weighted by molar-refractivity contribution is 7.89. The van der Waals surface area contributed by atoms with Crippen LogP contribution in [0.4, 0.5) is 0 Å². The van der Waals surface area contributed by atoms with E-state index in [1.165, 1.54) is 11.1 Å². The Morgan fingerprint density at radius 2 is 2.04 bits per heavy atom. The van der Waals surface area contributed by atoms with Crippen LogP contribution in [-0.4, -0.2) is 56.2 Å². The maximum atomic E-state index is 13.0. The Labute approximate surface area is 175 Å². The van der Waals surface area contributed by atoms with Gasteiger partial charge in [-0.1, -0.05) is 19.9 Å². The Morgan fingerprint density at radius 3 is 2.75 bits per heavy atom. The topological polar surface area (TPSA) is 49.9 Å². The van der Waals surface area contributed by atoms with E-state index in [1.807, 2.05) is 24.2 Å². The molecule has 3 heterocycles. The monoisotopic (exact) mass is 428 g/mol. The maximum Gasteiger partial charge on any atom is 0.214 e. The Morgan fingerprint density at radius 1 is 1.25 bits per heavy atom. The highest BCUT2D eigenvalue weighted by atomic mass is 35.5. The fourth-order valence-electron chi connectivity index (χ4n) is 5.38. The molecule has 0 N–H and O–H groups in total. The van der Waals surface area contributed by atoms with Crippen molar-refractivity contribution in [3.63, 3.8) is 0 Å². The predicted molar refractivity (Wildman–Crippen MR) is 115 cm³/mol. The van der Waals surface area contributed by atoms with E-state index in [9.17, 15) is 8.42 Å². The van der Waals surface area contributed by atoms with Crippen LogP contribution in [0.5, 0.6) is 5.75 Å². The zero-order valence-corrected chi connectivity index (χ0v) is 18.8. The Hall–Kier alpha value is -0.820. The largest absolute Gasteiger partial charge is 0.497 e. The number of fused-ring (bicyclic) bond motifs is 4. The third-order valence-corrected chi connectivity index (χ3v) is 8.78. The number of piperidine rings is 2. The van der Waals surface area contributed by atoms with Gasteiger partial charge in [-0.05, 0) is 60.8 Å². The van der Waals surface area contributed by atoms with Gasteiger partial charge >= 0.3 is 0 Å². The van der Waals surface area contributed by atoms with E-state index in [1.54, 1.807) is 7.11 Å². The molecule has 1 aromatic rings. The zero-order valence-electron chi connectivity index (χ0n) is 17.1. The van der Waals surface area contributed by atoms with Crippen LogP contribution < -0.4 is 4.74 Å². The maximum absolute atomic E-state index is 13.0. The first-order chi connectivity index (χ1) is 12.9. The first-order valence-corrected chi connectivity index (χ1v) is 11.9. The SMILES string of the molecule is COc1ccc2c(c1)CCN1C[C@H]3CCCN(S(=O)(=O)CC(C)C)[C@H]3C[C@H]21.Cl. The van der Waals surface area contributed by atoms with Crippen LogP contribution in [0, 0.1) is 11.8 Å². The molecule has 3 atom stereocenters. The number of nitrogens with zero attached hydrogens (tertiary/aromatic N) is 2. The molecule has 0 radical (unpaired) electrons. The summed E-state index contributed by atoms with van der Waals surface area (Å²) >= 11 is 0. The lowest BCUT2D eigenvalue weighted by Crippen LogP contribution is -2.57. The molecular formula is C21H33ClN2O3S. The summed E-state index contributed by atoms with van der Waals surface area (Å²) in [6, 6.07) is 6.88. The van der Waals surface area contributed by atoms with Crippen molar-refractivity contribution >= 4 is 22.4 Å². The molecule has 1 aromatic carbocycles. The number of rotatable bonds is 4. The van der Waals surface area contributed by atoms with Gasteiger partial charge in [0.1, 0.15) is 5.75 Å². The van der Waals surface area contributed by atoms with E-state index in [4.69, 9.17) is 4.74 Å². The van der Waals surface area contributed by atoms with Gasteiger partial charge in [0.05, 0.1) is 12.9 Å². The minimum absolute atomic E-state index is 0. The number of hydrogen-bond donors (Lipinski definition) is 0. The van der Waals surface area contributed by atoms with Gasteiger partial charge in [-0.2, -0.15) is 4.31 Å². The van der Waals surface area contributed by atoms with Crippen molar-refractivity contribution in [3.8, 4) is 5.75 Å². The molecule has 3 aliphatic heterocycles. The van der Waals surface area contributed by atoms with Gasteiger partial charge in [-0.3, -0.25) is 4.90 Å². The summed E-state index contributed by atoms with van der Waals surface area (Å²) < 4.78 is 33.3. The summed E-state index contributed by atoms with van der Waals surface area (Å²) in [4.78, 5) is 2.59. The summed E-state index contributed by atoms with van der Waals surface area (Å²) in [5.41, 5.74) is 2.73. The van der Waals surface area contributed by atoms with Gasteiger partial charge in [-0.15, -0.1) is 12.4 Å². The van der Waals surface area contributed by atoms with Crippen LogP contribution in [-0.2, 0) is 16.4 Å². The molecule has 0 aliphatic carbocycles. The first-order valence-electron chi connectivity index (χ1n) is 10.3. The fourth-order valence-corrected chi connectivity index (χ4v) is 7.49. The standard InChI is InChI=1S/C21H32N2O3S.ClH/c1-15(2)14-27(24,25)23-9-4-5-17-13-22-10-8-16-11-18(26-3)6-7-19(16)21(22)12-20(17)23;/h6-7,11,15,17,20-21H,4-5,8-10,12-14H2,1-3H3;1H/t17-,20+,21-;/m1./s1. The van der Waals surface area contributed by atoms with E-state index >= 15 is 0 Å². The van der Waals surface area contributed by atoms with Crippen molar-refractivity contribution in [2.75, 3.05) is 32.5 Å². The molecule has 0 aromatic heterocycles. The van der Waals surface area contributed by atoms with Crippen molar-refractivity contribution in [1.29, 1.82) is 0 Å². The van der Waals surface area contributed by atoms with Gasteiger partial charge in [0.15, 0.2) is 0 Å². The normalized spacial score (nSPS) is 28.1. The molecule has 0 spiro atoms. The average Bonchev–Trinajstić information content (AvgIpc) is 2.64. The number of methoxy groups -OCH3 is 1. The van der Waals surface area contributed by atoms with Gasteiger partial charge in [0.2, 0.25) is 10.0 Å². The van der Waals surface area contributed by atoms with Crippen LogP contribution in [0.2, 0.25) is 0 Å². The van der Waals surface area contributed by atoms with Crippen LogP contribution in [0.1, 0.15) is 50.3 Å². The molecule has 0 unspecified atom stereocenters. The van der Waals surface area contributed by atoms with Crippen molar-refractivity contribution < 1.29 is 13.2 Å². The number of ether oxygens (including phenoxy) is 1. The molecule has 5 nitrogen and oxygen atoms in total.